The van der Waals surface area contributed by atoms with Gasteiger partial charge in [-0.15, -0.1) is 5.10 Å². The number of hydrogen-bond acceptors (Lipinski definition) is 5. The van der Waals surface area contributed by atoms with Crippen molar-refractivity contribution in [3.8, 4) is 11.4 Å². The van der Waals surface area contributed by atoms with Gasteiger partial charge in [-0.2, -0.15) is 4.68 Å². The number of benzene rings is 2. The summed E-state index contributed by atoms with van der Waals surface area (Å²) in [6, 6.07) is 9.66. The Morgan fingerprint density at radius 1 is 1.18 bits per heavy atom. The number of tetrazole rings is 1. The van der Waals surface area contributed by atoms with Crippen molar-refractivity contribution in [1.29, 1.82) is 0 Å². The zero-order chi connectivity index (χ0) is 15.5. The molecule has 0 saturated carbocycles. The molecule has 0 unspecified atom stereocenters. The minimum atomic E-state index is -0.548. The summed E-state index contributed by atoms with van der Waals surface area (Å²) >= 11 is 0. The molecular formula is C14H10FN5O2. The monoisotopic (exact) mass is 299 g/mol. The zero-order valence-electron chi connectivity index (χ0n) is 11.1. The molecule has 7 nitrogen and oxygen atoms in total. The van der Waals surface area contributed by atoms with Crippen molar-refractivity contribution < 1.29 is 14.3 Å². The van der Waals surface area contributed by atoms with Crippen LogP contribution in [-0.2, 0) is 0 Å². The van der Waals surface area contributed by atoms with Crippen LogP contribution < -0.4 is 5.32 Å². The minimum Gasteiger partial charge on any atom is -0.508 e. The van der Waals surface area contributed by atoms with Crippen LogP contribution in [0, 0.1) is 5.82 Å². The van der Waals surface area contributed by atoms with E-state index in [4.69, 9.17) is 0 Å². The second kappa shape index (κ2) is 5.60. The molecule has 3 rings (SSSR count). The van der Waals surface area contributed by atoms with Gasteiger partial charge < -0.3 is 10.4 Å². The maximum Gasteiger partial charge on any atom is 0.257 e. The highest BCUT2D eigenvalue weighted by atomic mass is 19.1. The van der Waals surface area contributed by atoms with Gasteiger partial charge >= 0.3 is 0 Å². The molecule has 0 radical (unpaired) electrons. The minimum absolute atomic E-state index is 0.0816. The van der Waals surface area contributed by atoms with Gasteiger partial charge in [0.05, 0.1) is 11.3 Å². The number of phenols is 1. The summed E-state index contributed by atoms with van der Waals surface area (Å²) in [6.45, 7) is 0. The fourth-order valence-corrected chi connectivity index (χ4v) is 1.90. The number of halogens is 1. The van der Waals surface area contributed by atoms with Crippen LogP contribution in [0.3, 0.4) is 0 Å². The van der Waals surface area contributed by atoms with Gasteiger partial charge in [0.1, 0.15) is 17.9 Å². The smallest absolute Gasteiger partial charge is 0.257 e. The maximum absolute atomic E-state index is 13.5. The number of amides is 1. The van der Waals surface area contributed by atoms with Crippen LogP contribution in [0.5, 0.6) is 5.75 Å². The van der Waals surface area contributed by atoms with E-state index >= 15 is 0 Å². The Morgan fingerprint density at radius 3 is 2.64 bits per heavy atom. The standard InChI is InChI=1S/C14H10FN5O2/c15-9-1-6-13(20-8-16-18-19-20)12(7-9)14(22)17-10-2-4-11(21)5-3-10/h1-8,21H,(H,17,22). The Balaban J connectivity index is 1.94. The second-order valence-electron chi connectivity index (χ2n) is 4.42. The molecule has 8 heteroatoms. The third kappa shape index (κ3) is 2.75. The van der Waals surface area contributed by atoms with Crippen molar-refractivity contribution in [2.45, 2.75) is 0 Å². The number of phenolic OH excluding ortho intramolecular Hbond substituents is 1. The molecule has 0 spiro atoms. The van der Waals surface area contributed by atoms with E-state index in [1.165, 1.54) is 47.4 Å². The summed E-state index contributed by atoms with van der Waals surface area (Å²) in [5.74, 6) is -0.985. The molecule has 1 amide bonds. The van der Waals surface area contributed by atoms with E-state index in [1.807, 2.05) is 0 Å². The average Bonchev–Trinajstić information content (AvgIpc) is 3.03. The zero-order valence-corrected chi connectivity index (χ0v) is 11.1. The van der Waals surface area contributed by atoms with Crippen molar-refractivity contribution >= 4 is 11.6 Å². The summed E-state index contributed by atoms with van der Waals surface area (Å²) in [5.41, 5.74) is 0.901. The summed E-state index contributed by atoms with van der Waals surface area (Å²) in [4.78, 5) is 12.3. The Hall–Kier alpha value is -3.29. The van der Waals surface area contributed by atoms with Crippen molar-refractivity contribution in [3.05, 3.63) is 60.2 Å². The number of nitrogens with zero attached hydrogens (tertiary/aromatic N) is 4. The lowest BCUT2D eigenvalue weighted by atomic mass is 10.1. The Kier molecular flexibility index (Phi) is 3.48. The van der Waals surface area contributed by atoms with Crippen LogP contribution in [0.4, 0.5) is 10.1 Å². The summed E-state index contributed by atoms with van der Waals surface area (Å²) < 4.78 is 14.7. The molecule has 0 aliphatic rings. The molecule has 0 aliphatic heterocycles. The number of aromatic hydroxyl groups is 1. The van der Waals surface area contributed by atoms with Gasteiger partial charge in [-0.3, -0.25) is 4.79 Å². The predicted molar refractivity (Wildman–Crippen MR) is 75.2 cm³/mol. The molecule has 0 bridgehead atoms. The molecule has 0 fully saturated rings. The number of aromatic nitrogens is 4. The number of rotatable bonds is 3. The van der Waals surface area contributed by atoms with Gasteiger partial charge in [0, 0.05) is 5.69 Å². The van der Waals surface area contributed by atoms with E-state index in [0.717, 1.165) is 6.07 Å². The van der Waals surface area contributed by atoms with Gasteiger partial charge in [-0.25, -0.2) is 4.39 Å². The van der Waals surface area contributed by atoms with Gasteiger partial charge in [0.15, 0.2) is 0 Å². The highest BCUT2D eigenvalue weighted by Crippen LogP contribution is 2.19. The Labute approximate surface area is 124 Å². The quantitative estimate of drug-likeness (QED) is 0.719. The van der Waals surface area contributed by atoms with Crippen LogP contribution in [0.15, 0.2) is 48.8 Å². The largest absolute Gasteiger partial charge is 0.508 e. The first kappa shape index (κ1) is 13.7. The van der Waals surface area contributed by atoms with E-state index < -0.39 is 11.7 Å². The predicted octanol–water partition coefficient (Wildman–Crippen LogP) is 1.76. The molecule has 110 valence electrons. The summed E-state index contributed by atoms with van der Waals surface area (Å²) in [6.07, 6.45) is 1.31. The molecule has 0 saturated heterocycles. The molecule has 22 heavy (non-hydrogen) atoms. The molecular weight excluding hydrogens is 289 g/mol. The lowest BCUT2D eigenvalue weighted by molar-refractivity contribution is 0.102. The van der Waals surface area contributed by atoms with Crippen molar-refractivity contribution in [1.82, 2.24) is 20.2 Å². The first-order chi connectivity index (χ1) is 10.6. The number of hydrogen-bond donors (Lipinski definition) is 2. The van der Waals surface area contributed by atoms with Crippen LogP contribution in [0.25, 0.3) is 5.69 Å². The van der Waals surface area contributed by atoms with Crippen LogP contribution in [0.1, 0.15) is 10.4 Å². The Bertz CT molecular complexity index is 803. The molecule has 2 N–H and O–H groups in total. The molecule has 0 atom stereocenters. The average molecular weight is 299 g/mol. The lowest BCUT2D eigenvalue weighted by Crippen LogP contribution is -2.15. The lowest BCUT2D eigenvalue weighted by Gasteiger charge is -2.09. The maximum atomic E-state index is 13.5. The molecule has 2 aromatic carbocycles. The topological polar surface area (TPSA) is 92.9 Å². The highest BCUT2D eigenvalue weighted by molar-refractivity contribution is 6.06. The SMILES string of the molecule is O=C(Nc1ccc(O)cc1)c1cc(F)ccc1-n1cnnn1. The molecule has 1 aromatic heterocycles. The van der Waals surface area contributed by atoms with E-state index in [-0.39, 0.29) is 11.3 Å². The van der Waals surface area contributed by atoms with Crippen molar-refractivity contribution in [2.75, 3.05) is 5.32 Å². The van der Waals surface area contributed by atoms with E-state index in [9.17, 15) is 14.3 Å². The number of anilines is 1. The van der Waals surface area contributed by atoms with Gasteiger partial charge in [-0.05, 0) is 52.9 Å². The van der Waals surface area contributed by atoms with E-state index in [0.29, 0.717) is 11.4 Å². The van der Waals surface area contributed by atoms with Crippen LogP contribution in [-0.4, -0.2) is 31.2 Å². The summed E-state index contributed by atoms with van der Waals surface area (Å²) in [5, 5.41) is 22.5. The number of carbonyl (C=O) groups excluding carboxylic acids is 1. The second-order valence-corrected chi connectivity index (χ2v) is 4.42. The van der Waals surface area contributed by atoms with Gasteiger partial charge in [-0.1, -0.05) is 0 Å². The third-order valence-electron chi connectivity index (χ3n) is 2.92. The first-order valence-electron chi connectivity index (χ1n) is 6.27. The fraction of sp³-hybridized carbons (Fsp3) is 0. The van der Waals surface area contributed by atoms with E-state index in [2.05, 4.69) is 20.8 Å². The molecule has 0 aliphatic carbocycles. The summed E-state index contributed by atoms with van der Waals surface area (Å²) in [7, 11) is 0. The van der Waals surface area contributed by atoms with Crippen LogP contribution in [0.2, 0.25) is 0 Å². The first-order valence-corrected chi connectivity index (χ1v) is 6.27. The number of nitrogens with one attached hydrogen (secondary N) is 1. The van der Waals surface area contributed by atoms with E-state index in [1.54, 1.807) is 0 Å². The van der Waals surface area contributed by atoms with Crippen LogP contribution >= 0.6 is 0 Å². The highest BCUT2D eigenvalue weighted by Gasteiger charge is 2.15. The van der Waals surface area contributed by atoms with Crippen molar-refractivity contribution in [2.24, 2.45) is 0 Å². The molecule has 3 aromatic rings. The number of carbonyl (C=O) groups is 1. The van der Waals surface area contributed by atoms with Gasteiger partial charge in [0.2, 0.25) is 0 Å². The molecule has 1 heterocycles. The third-order valence-corrected chi connectivity index (χ3v) is 2.92. The normalized spacial score (nSPS) is 10.4. The fourth-order valence-electron chi connectivity index (χ4n) is 1.90. The Morgan fingerprint density at radius 2 is 1.95 bits per heavy atom. The van der Waals surface area contributed by atoms with Crippen molar-refractivity contribution in [3.63, 3.8) is 0 Å². The van der Waals surface area contributed by atoms with Gasteiger partial charge in [0.25, 0.3) is 5.91 Å².